The Balaban J connectivity index is 0.00000924. The van der Waals surface area contributed by atoms with E-state index in [2.05, 4.69) is 11.8 Å². The molecule has 0 bridgehead atoms. The van der Waals surface area contributed by atoms with Crippen molar-refractivity contribution in [3.63, 3.8) is 0 Å². The SMILES string of the molecule is CCCCC(OC(=O)CN(CC)CC)c1ccccc1C(=O)Oc1ccc(/C=C/C(=O)OCCCCO[N+](=O)[O-])cc1.Cl. The van der Waals surface area contributed by atoms with Crippen molar-refractivity contribution in [3.8, 4) is 5.75 Å². The summed E-state index contributed by atoms with van der Waals surface area (Å²) in [4.78, 5) is 54.0. The van der Waals surface area contributed by atoms with E-state index in [4.69, 9.17) is 14.2 Å². The summed E-state index contributed by atoms with van der Waals surface area (Å²) in [5.74, 6) is -1.14. The van der Waals surface area contributed by atoms with E-state index in [1.54, 1.807) is 54.6 Å². The number of halogens is 1. The van der Waals surface area contributed by atoms with E-state index in [0.717, 1.165) is 25.9 Å². The van der Waals surface area contributed by atoms with Crippen molar-refractivity contribution in [2.24, 2.45) is 0 Å². The Bertz CT molecular complexity index is 1180. The molecule has 1 unspecified atom stereocenters. The Morgan fingerprint density at radius 2 is 1.63 bits per heavy atom. The fraction of sp³-hybridized carbons (Fsp3) is 0.452. The molecular formula is C31H41ClN2O9. The summed E-state index contributed by atoms with van der Waals surface area (Å²) in [6, 6.07) is 13.6. The number of benzene rings is 2. The number of rotatable bonds is 19. The van der Waals surface area contributed by atoms with E-state index >= 15 is 0 Å². The predicted octanol–water partition coefficient (Wildman–Crippen LogP) is 5.99. The number of carbonyl (C=O) groups is 3. The average molecular weight is 621 g/mol. The van der Waals surface area contributed by atoms with Gasteiger partial charge < -0.3 is 19.0 Å². The Kier molecular flexibility index (Phi) is 18.0. The van der Waals surface area contributed by atoms with Crippen LogP contribution in [0.2, 0.25) is 0 Å². The van der Waals surface area contributed by atoms with E-state index in [1.807, 2.05) is 18.7 Å². The molecule has 0 fully saturated rings. The molecule has 43 heavy (non-hydrogen) atoms. The molecule has 11 nitrogen and oxygen atoms in total. The molecule has 0 aliphatic heterocycles. The van der Waals surface area contributed by atoms with E-state index in [1.165, 1.54) is 6.08 Å². The van der Waals surface area contributed by atoms with Crippen LogP contribution in [0.25, 0.3) is 6.08 Å². The van der Waals surface area contributed by atoms with E-state index in [0.29, 0.717) is 41.7 Å². The van der Waals surface area contributed by atoms with Gasteiger partial charge in [0.15, 0.2) is 0 Å². The summed E-state index contributed by atoms with van der Waals surface area (Å²) < 4.78 is 16.5. The molecule has 0 saturated heterocycles. The van der Waals surface area contributed by atoms with Crippen molar-refractivity contribution in [2.75, 3.05) is 32.8 Å². The number of unbranched alkanes of at least 4 members (excludes halogenated alkanes) is 2. The first-order valence-corrected chi connectivity index (χ1v) is 14.2. The smallest absolute Gasteiger partial charge is 0.343 e. The third-order valence-electron chi connectivity index (χ3n) is 6.35. The highest BCUT2D eigenvalue weighted by Gasteiger charge is 2.24. The van der Waals surface area contributed by atoms with Gasteiger partial charge in [-0.3, -0.25) is 9.69 Å². The average Bonchev–Trinajstić information content (AvgIpc) is 2.99. The van der Waals surface area contributed by atoms with Crippen LogP contribution in [0, 0.1) is 10.1 Å². The topological polar surface area (TPSA) is 135 Å². The molecule has 0 radical (unpaired) electrons. The summed E-state index contributed by atoms with van der Waals surface area (Å²) in [5.41, 5.74) is 1.62. The third kappa shape index (κ3) is 14.2. The maximum absolute atomic E-state index is 13.2. The number of hydrogen-bond acceptors (Lipinski definition) is 10. The first kappa shape index (κ1) is 37.1. The Hall–Kier alpha value is -3.96. The molecule has 0 amide bonds. The zero-order valence-corrected chi connectivity index (χ0v) is 25.7. The van der Waals surface area contributed by atoms with Gasteiger partial charge in [-0.05, 0) is 68.6 Å². The van der Waals surface area contributed by atoms with Gasteiger partial charge in [-0.1, -0.05) is 57.5 Å². The highest BCUT2D eigenvalue weighted by molar-refractivity contribution is 5.93. The first-order chi connectivity index (χ1) is 20.3. The summed E-state index contributed by atoms with van der Waals surface area (Å²) in [6.45, 7) is 7.75. The van der Waals surface area contributed by atoms with Gasteiger partial charge in [-0.2, -0.15) is 0 Å². The number of likely N-dealkylation sites (N-methyl/N-ethyl adjacent to an activating group) is 1. The van der Waals surface area contributed by atoms with Gasteiger partial charge in [0.25, 0.3) is 5.09 Å². The van der Waals surface area contributed by atoms with Crippen LogP contribution in [0.1, 0.15) is 80.5 Å². The second-order valence-corrected chi connectivity index (χ2v) is 9.39. The summed E-state index contributed by atoms with van der Waals surface area (Å²) >= 11 is 0. The maximum atomic E-state index is 13.2. The second-order valence-electron chi connectivity index (χ2n) is 9.39. The van der Waals surface area contributed by atoms with Gasteiger partial charge in [0.1, 0.15) is 11.9 Å². The van der Waals surface area contributed by atoms with Crippen molar-refractivity contribution in [2.45, 2.75) is 59.0 Å². The zero-order chi connectivity index (χ0) is 30.7. The minimum Gasteiger partial charge on any atom is -0.463 e. The van der Waals surface area contributed by atoms with Crippen molar-refractivity contribution >= 4 is 36.4 Å². The Morgan fingerprint density at radius 1 is 0.953 bits per heavy atom. The molecule has 0 aliphatic rings. The summed E-state index contributed by atoms with van der Waals surface area (Å²) in [6.07, 6.45) is 5.42. The number of hydrogen-bond donors (Lipinski definition) is 0. The number of carbonyl (C=O) groups excluding carboxylic acids is 3. The van der Waals surface area contributed by atoms with Crippen molar-refractivity contribution < 1.29 is 38.5 Å². The van der Waals surface area contributed by atoms with Crippen molar-refractivity contribution in [3.05, 3.63) is 81.4 Å². The van der Waals surface area contributed by atoms with Crippen molar-refractivity contribution in [1.82, 2.24) is 4.90 Å². The van der Waals surface area contributed by atoms with Gasteiger partial charge in [0.05, 0.1) is 25.3 Å². The predicted molar refractivity (Wildman–Crippen MR) is 163 cm³/mol. The molecule has 1 atom stereocenters. The minimum atomic E-state index is -0.863. The molecule has 0 heterocycles. The van der Waals surface area contributed by atoms with E-state index in [-0.39, 0.29) is 38.1 Å². The zero-order valence-electron chi connectivity index (χ0n) is 24.9. The van der Waals surface area contributed by atoms with Gasteiger partial charge in [-0.25, -0.2) is 9.59 Å². The fourth-order valence-electron chi connectivity index (χ4n) is 3.99. The highest BCUT2D eigenvalue weighted by Crippen LogP contribution is 2.28. The van der Waals surface area contributed by atoms with E-state index in [9.17, 15) is 24.5 Å². The molecule has 0 saturated carbocycles. The van der Waals surface area contributed by atoms with Crippen LogP contribution in [0.5, 0.6) is 5.75 Å². The second kappa shape index (κ2) is 20.8. The summed E-state index contributed by atoms with van der Waals surface area (Å²) in [5, 5.41) is 9.23. The quantitative estimate of drug-likeness (QED) is 0.0460. The van der Waals surface area contributed by atoms with Gasteiger partial charge in [0, 0.05) is 11.6 Å². The molecule has 0 N–H and O–H groups in total. The Labute approximate surface area is 258 Å². The molecule has 2 aromatic carbocycles. The Morgan fingerprint density at radius 3 is 2.28 bits per heavy atom. The lowest BCUT2D eigenvalue weighted by Crippen LogP contribution is -2.31. The van der Waals surface area contributed by atoms with Gasteiger partial charge in [0.2, 0.25) is 0 Å². The van der Waals surface area contributed by atoms with Crippen LogP contribution < -0.4 is 4.74 Å². The standard InChI is InChI=1S/C31H40N2O9.ClH/c1-4-7-14-28(42-30(35)23-32(5-2)6-3)26-12-8-9-13-27(26)31(36)41-25-18-15-24(16-19-25)17-20-29(34)39-21-10-11-22-40-33(37)38;/h8-9,12-13,15-20,28H,4-7,10-11,14,21-23H2,1-3H3;1H/b20-17+;. The minimum absolute atomic E-state index is 0. The van der Waals surface area contributed by atoms with Crippen LogP contribution in [0.4, 0.5) is 0 Å². The lowest BCUT2D eigenvalue weighted by atomic mass is 9.98. The van der Waals surface area contributed by atoms with Crippen LogP contribution in [-0.2, 0) is 23.9 Å². The number of esters is 3. The van der Waals surface area contributed by atoms with Crippen LogP contribution in [0.15, 0.2) is 54.6 Å². The maximum Gasteiger partial charge on any atom is 0.343 e. The van der Waals surface area contributed by atoms with Crippen LogP contribution in [0.3, 0.4) is 0 Å². The molecule has 12 heteroatoms. The van der Waals surface area contributed by atoms with Gasteiger partial charge >= 0.3 is 17.9 Å². The molecule has 236 valence electrons. The van der Waals surface area contributed by atoms with Crippen LogP contribution >= 0.6 is 12.4 Å². The van der Waals surface area contributed by atoms with E-state index < -0.39 is 23.1 Å². The number of nitrogens with zero attached hydrogens (tertiary/aromatic N) is 2. The largest absolute Gasteiger partial charge is 0.463 e. The molecule has 0 aromatic heterocycles. The molecule has 2 aromatic rings. The van der Waals surface area contributed by atoms with Crippen molar-refractivity contribution in [1.29, 1.82) is 0 Å². The lowest BCUT2D eigenvalue weighted by Gasteiger charge is -2.23. The molecule has 0 aliphatic carbocycles. The lowest BCUT2D eigenvalue weighted by molar-refractivity contribution is -0.757. The fourth-order valence-corrected chi connectivity index (χ4v) is 3.99. The number of ether oxygens (including phenoxy) is 3. The normalized spacial score (nSPS) is 11.4. The molecular weight excluding hydrogens is 580 g/mol. The molecule has 2 rings (SSSR count). The summed E-state index contributed by atoms with van der Waals surface area (Å²) in [7, 11) is 0. The monoisotopic (exact) mass is 620 g/mol. The molecule has 0 spiro atoms. The highest BCUT2D eigenvalue weighted by atomic mass is 35.5. The van der Waals surface area contributed by atoms with Crippen LogP contribution in [-0.4, -0.2) is 60.7 Å². The third-order valence-corrected chi connectivity index (χ3v) is 6.35. The first-order valence-electron chi connectivity index (χ1n) is 14.2. The van der Waals surface area contributed by atoms with Gasteiger partial charge in [-0.15, -0.1) is 22.5 Å².